The molecule has 22 heavy (non-hydrogen) atoms. The van der Waals surface area contributed by atoms with Crippen LogP contribution in [0.25, 0.3) is 0 Å². The van der Waals surface area contributed by atoms with Gasteiger partial charge in [-0.05, 0) is 38.2 Å². The second-order valence-electron chi connectivity index (χ2n) is 6.06. The van der Waals surface area contributed by atoms with Crippen molar-refractivity contribution in [1.82, 2.24) is 5.32 Å². The third kappa shape index (κ3) is 3.59. The molecule has 1 aliphatic carbocycles. The monoisotopic (exact) mass is 304 g/mol. The minimum absolute atomic E-state index is 0.0185. The largest absolute Gasteiger partial charge is 0.490 e. The highest BCUT2D eigenvalue weighted by molar-refractivity contribution is 5.81. The van der Waals surface area contributed by atoms with Crippen molar-refractivity contribution in [2.75, 3.05) is 6.54 Å². The Hall–Kier alpha value is -1.59. The Balaban J connectivity index is 1.53. The van der Waals surface area contributed by atoms with Gasteiger partial charge in [0.05, 0.1) is 12.2 Å². The van der Waals surface area contributed by atoms with E-state index in [1.54, 1.807) is 0 Å². The van der Waals surface area contributed by atoms with E-state index in [1.165, 1.54) is 6.42 Å². The van der Waals surface area contributed by atoms with Crippen LogP contribution < -0.4 is 15.8 Å². The molecule has 0 unspecified atom stereocenters. The van der Waals surface area contributed by atoms with Crippen LogP contribution in [0.3, 0.4) is 0 Å². The lowest BCUT2D eigenvalue weighted by Gasteiger charge is -2.27. The Labute approximate surface area is 131 Å². The SMILES string of the molecule is NC[C@H]1CC[C@@H](C(=O)NCc2ccccc2OC2CCC2)O1. The highest BCUT2D eigenvalue weighted by Gasteiger charge is 2.29. The number of rotatable bonds is 6. The zero-order valence-corrected chi connectivity index (χ0v) is 12.8. The third-order valence-corrected chi connectivity index (χ3v) is 4.43. The molecule has 5 heteroatoms. The quantitative estimate of drug-likeness (QED) is 0.839. The first-order chi connectivity index (χ1) is 10.8. The number of nitrogens with two attached hydrogens (primary N) is 1. The minimum Gasteiger partial charge on any atom is -0.490 e. The zero-order chi connectivity index (χ0) is 15.4. The summed E-state index contributed by atoms with van der Waals surface area (Å²) >= 11 is 0. The molecule has 0 aromatic heterocycles. The van der Waals surface area contributed by atoms with Crippen molar-refractivity contribution in [2.24, 2.45) is 5.73 Å². The molecule has 5 nitrogen and oxygen atoms in total. The molecule has 1 saturated heterocycles. The number of nitrogens with one attached hydrogen (secondary N) is 1. The first kappa shape index (κ1) is 15.3. The Bertz CT molecular complexity index is 516. The summed E-state index contributed by atoms with van der Waals surface area (Å²) in [6, 6.07) is 7.89. The fourth-order valence-corrected chi connectivity index (χ4v) is 2.80. The van der Waals surface area contributed by atoms with Crippen molar-refractivity contribution in [2.45, 2.75) is 57.0 Å². The maximum Gasteiger partial charge on any atom is 0.249 e. The molecule has 1 amide bonds. The number of carbonyl (C=O) groups excluding carboxylic acids is 1. The number of hydrogen-bond acceptors (Lipinski definition) is 4. The Kier molecular flexibility index (Phi) is 4.95. The molecule has 1 saturated carbocycles. The normalized spacial score (nSPS) is 24.8. The number of amides is 1. The molecule has 0 radical (unpaired) electrons. The van der Waals surface area contributed by atoms with E-state index in [2.05, 4.69) is 5.32 Å². The van der Waals surface area contributed by atoms with Gasteiger partial charge in [-0.1, -0.05) is 18.2 Å². The van der Waals surface area contributed by atoms with Gasteiger partial charge >= 0.3 is 0 Å². The highest BCUT2D eigenvalue weighted by Crippen LogP contribution is 2.27. The molecule has 1 heterocycles. The Morgan fingerprint density at radius 2 is 2.09 bits per heavy atom. The summed E-state index contributed by atoms with van der Waals surface area (Å²) in [4.78, 5) is 12.2. The van der Waals surface area contributed by atoms with Crippen LogP contribution in [0.2, 0.25) is 0 Å². The fraction of sp³-hybridized carbons (Fsp3) is 0.588. The van der Waals surface area contributed by atoms with Crippen LogP contribution in [0.15, 0.2) is 24.3 Å². The summed E-state index contributed by atoms with van der Waals surface area (Å²) in [6.07, 6.45) is 5.07. The number of ether oxygens (including phenoxy) is 2. The van der Waals surface area contributed by atoms with Crippen molar-refractivity contribution >= 4 is 5.91 Å². The number of para-hydroxylation sites is 1. The summed E-state index contributed by atoms with van der Waals surface area (Å²) in [6.45, 7) is 0.941. The van der Waals surface area contributed by atoms with Crippen LogP contribution in [0, 0.1) is 0 Å². The fourth-order valence-electron chi connectivity index (χ4n) is 2.80. The molecular formula is C17H24N2O3. The van der Waals surface area contributed by atoms with Gasteiger partial charge in [-0.25, -0.2) is 0 Å². The van der Waals surface area contributed by atoms with Gasteiger partial charge < -0.3 is 20.5 Å². The van der Waals surface area contributed by atoms with Crippen LogP contribution in [0.1, 0.15) is 37.7 Å². The van der Waals surface area contributed by atoms with Gasteiger partial charge in [0.15, 0.2) is 0 Å². The van der Waals surface area contributed by atoms with E-state index in [0.717, 1.165) is 37.0 Å². The van der Waals surface area contributed by atoms with Crippen molar-refractivity contribution in [3.8, 4) is 5.75 Å². The van der Waals surface area contributed by atoms with Gasteiger partial charge in [0.1, 0.15) is 11.9 Å². The van der Waals surface area contributed by atoms with Crippen LogP contribution in [-0.4, -0.2) is 30.8 Å². The first-order valence-corrected chi connectivity index (χ1v) is 8.14. The summed E-state index contributed by atoms with van der Waals surface area (Å²) < 4.78 is 11.6. The number of hydrogen-bond donors (Lipinski definition) is 2. The maximum atomic E-state index is 12.2. The predicted octanol–water partition coefficient (Wildman–Crippen LogP) is 1.74. The summed E-state index contributed by atoms with van der Waals surface area (Å²) in [5, 5.41) is 2.95. The van der Waals surface area contributed by atoms with E-state index < -0.39 is 0 Å². The third-order valence-electron chi connectivity index (χ3n) is 4.43. The first-order valence-electron chi connectivity index (χ1n) is 8.14. The van der Waals surface area contributed by atoms with Gasteiger partial charge in [0.2, 0.25) is 5.91 Å². The van der Waals surface area contributed by atoms with Gasteiger partial charge in [-0.3, -0.25) is 4.79 Å². The molecule has 3 N–H and O–H groups in total. The zero-order valence-electron chi connectivity index (χ0n) is 12.8. The predicted molar refractivity (Wildman–Crippen MR) is 83.5 cm³/mol. The summed E-state index contributed by atoms with van der Waals surface area (Å²) in [5.41, 5.74) is 6.58. The lowest BCUT2D eigenvalue weighted by molar-refractivity contribution is -0.132. The average Bonchev–Trinajstić information content (AvgIpc) is 2.98. The lowest BCUT2D eigenvalue weighted by atomic mass is 9.96. The second-order valence-corrected chi connectivity index (χ2v) is 6.06. The van der Waals surface area contributed by atoms with Crippen LogP contribution >= 0.6 is 0 Å². The highest BCUT2D eigenvalue weighted by atomic mass is 16.5. The molecule has 120 valence electrons. The van der Waals surface area contributed by atoms with E-state index in [-0.39, 0.29) is 18.1 Å². The molecule has 0 spiro atoms. The van der Waals surface area contributed by atoms with Gasteiger partial charge in [-0.2, -0.15) is 0 Å². The van der Waals surface area contributed by atoms with E-state index in [0.29, 0.717) is 19.2 Å². The Morgan fingerprint density at radius 1 is 1.27 bits per heavy atom. The van der Waals surface area contributed by atoms with Crippen molar-refractivity contribution < 1.29 is 14.3 Å². The topological polar surface area (TPSA) is 73.6 Å². The average molecular weight is 304 g/mol. The number of benzene rings is 1. The molecule has 2 aliphatic rings. The number of carbonyl (C=O) groups is 1. The van der Waals surface area contributed by atoms with E-state index >= 15 is 0 Å². The molecule has 3 rings (SSSR count). The molecule has 1 aromatic rings. The maximum absolute atomic E-state index is 12.2. The molecule has 2 fully saturated rings. The van der Waals surface area contributed by atoms with E-state index in [1.807, 2.05) is 24.3 Å². The van der Waals surface area contributed by atoms with Crippen molar-refractivity contribution in [1.29, 1.82) is 0 Å². The minimum atomic E-state index is -0.367. The Morgan fingerprint density at radius 3 is 2.77 bits per heavy atom. The smallest absolute Gasteiger partial charge is 0.249 e. The summed E-state index contributed by atoms with van der Waals surface area (Å²) in [7, 11) is 0. The molecule has 0 bridgehead atoms. The summed E-state index contributed by atoms with van der Waals surface area (Å²) in [5.74, 6) is 0.814. The lowest BCUT2D eigenvalue weighted by Crippen LogP contribution is -2.35. The second kappa shape index (κ2) is 7.11. The van der Waals surface area contributed by atoms with Crippen LogP contribution in [0.4, 0.5) is 0 Å². The van der Waals surface area contributed by atoms with Gasteiger partial charge in [0.25, 0.3) is 0 Å². The molecule has 1 aromatic carbocycles. The standard InChI is InChI=1S/C17H24N2O3/c18-10-14-8-9-16(22-14)17(20)19-11-12-4-1-2-7-15(12)21-13-5-3-6-13/h1-2,4,7,13-14,16H,3,5-6,8-11,18H2,(H,19,20)/t14-,16+/m1/s1. The van der Waals surface area contributed by atoms with Crippen molar-refractivity contribution in [3.05, 3.63) is 29.8 Å². The van der Waals surface area contributed by atoms with E-state index in [4.69, 9.17) is 15.2 Å². The van der Waals surface area contributed by atoms with Gasteiger partial charge in [-0.15, -0.1) is 0 Å². The van der Waals surface area contributed by atoms with E-state index in [9.17, 15) is 4.79 Å². The van der Waals surface area contributed by atoms with Crippen molar-refractivity contribution in [3.63, 3.8) is 0 Å². The van der Waals surface area contributed by atoms with Gasteiger partial charge in [0, 0.05) is 18.7 Å². The molecule has 1 aliphatic heterocycles. The van der Waals surface area contributed by atoms with Crippen LogP contribution in [-0.2, 0) is 16.1 Å². The molecular weight excluding hydrogens is 280 g/mol. The van der Waals surface area contributed by atoms with Crippen LogP contribution in [0.5, 0.6) is 5.75 Å². The molecule has 2 atom stereocenters.